The number of benzene rings is 2. The van der Waals surface area contributed by atoms with E-state index in [0.717, 1.165) is 57.4 Å². The molecule has 0 spiro atoms. The second-order valence-electron chi connectivity index (χ2n) is 9.44. The molecule has 2 aliphatic heterocycles. The fraction of sp³-hybridized carbons (Fsp3) is 0.481. The van der Waals surface area contributed by atoms with Crippen LogP contribution in [0.25, 0.3) is 0 Å². The first kappa shape index (κ1) is 22.5. The highest BCUT2D eigenvalue weighted by Gasteiger charge is 2.30. The van der Waals surface area contributed by atoms with E-state index in [1.165, 1.54) is 11.1 Å². The first-order valence-corrected chi connectivity index (χ1v) is 11.9. The van der Waals surface area contributed by atoms with Gasteiger partial charge >= 0.3 is 0 Å². The Morgan fingerprint density at radius 3 is 2.38 bits per heavy atom. The maximum Gasteiger partial charge on any atom is 0.253 e. The highest BCUT2D eigenvalue weighted by Crippen LogP contribution is 2.21. The molecule has 170 valence electrons. The quantitative estimate of drug-likeness (QED) is 0.777. The monoisotopic (exact) mass is 433 g/mol. The molecule has 2 heterocycles. The van der Waals surface area contributed by atoms with Gasteiger partial charge < -0.3 is 10.2 Å². The zero-order valence-electron chi connectivity index (χ0n) is 19.3. The van der Waals surface area contributed by atoms with Gasteiger partial charge in [-0.3, -0.25) is 14.5 Å². The van der Waals surface area contributed by atoms with Gasteiger partial charge in [-0.25, -0.2) is 0 Å². The molecule has 2 aromatic carbocycles. The van der Waals surface area contributed by atoms with E-state index in [0.29, 0.717) is 12.1 Å². The van der Waals surface area contributed by atoms with Crippen LogP contribution in [0.3, 0.4) is 0 Å². The standard InChI is InChI=1S/C27H35N3O2/c1-20-9-11-22(12-10-20)27(32)30-15-5-8-24(19-30)26(31)28-25-13-16-29(17-14-25)18-23-7-4-3-6-21(23)2/h3-4,6-7,9-12,24-25H,5,8,13-19H2,1-2H3,(H,28,31). The lowest BCUT2D eigenvalue weighted by Crippen LogP contribution is -2.50. The van der Waals surface area contributed by atoms with Gasteiger partial charge in [0.15, 0.2) is 0 Å². The summed E-state index contributed by atoms with van der Waals surface area (Å²) < 4.78 is 0. The van der Waals surface area contributed by atoms with E-state index >= 15 is 0 Å². The van der Waals surface area contributed by atoms with Gasteiger partial charge in [-0.2, -0.15) is 0 Å². The molecule has 0 saturated carbocycles. The van der Waals surface area contributed by atoms with E-state index in [9.17, 15) is 9.59 Å². The molecule has 1 atom stereocenters. The molecule has 5 heteroatoms. The van der Waals surface area contributed by atoms with Gasteiger partial charge in [0, 0.05) is 44.3 Å². The van der Waals surface area contributed by atoms with Gasteiger partial charge in [0.2, 0.25) is 5.91 Å². The van der Waals surface area contributed by atoms with E-state index in [-0.39, 0.29) is 23.8 Å². The van der Waals surface area contributed by atoms with Crippen LogP contribution in [0.4, 0.5) is 0 Å². The van der Waals surface area contributed by atoms with E-state index < -0.39 is 0 Å². The number of aryl methyl sites for hydroxylation is 2. The van der Waals surface area contributed by atoms with Gasteiger partial charge in [0.05, 0.1) is 5.92 Å². The number of rotatable bonds is 5. The molecule has 0 radical (unpaired) electrons. The molecule has 2 saturated heterocycles. The summed E-state index contributed by atoms with van der Waals surface area (Å²) in [6.07, 6.45) is 3.70. The molecular formula is C27H35N3O2. The average molecular weight is 434 g/mol. The molecule has 0 aromatic heterocycles. The lowest BCUT2D eigenvalue weighted by Gasteiger charge is -2.35. The Hall–Kier alpha value is -2.66. The summed E-state index contributed by atoms with van der Waals surface area (Å²) in [4.78, 5) is 30.2. The van der Waals surface area contributed by atoms with E-state index in [2.05, 4.69) is 41.4 Å². The van der Waals surface area contributed by atoms with Gasteiger partial charge in [-0.05, 0) is 62.8 Å². The third-order valence-corrected chi connectivity index (χ3v) is 6.97. The molecule has 1 N–H and O–H groups in total. The lowest BCUT2D eigenvalue weighted by atomic mass is 9.95. The third kappa shape index (κ3) is 5.57. The number of piperidine rings is 2. The highest BCUT2D eigenvalue weighted by atomic mass is 16.2. The molecule has 4 rings (SSSR count). The van der Waals surface area contributed by atoms with E-state index in [1.807, 2.05) is 36.1 Å². The minimum atomic E-state index is -0.108. The van der Waals surface area contributed by atoms with Crippen LogP contribution < -0.4 is 5.32 Å². The van der Waals surface area contributed by atoms with E-state index in [1.54, 1.807) is 0 Å². The average Bonchev–Trinajstić information content (AvgIpc) is 2.82. The van der Waals surface area contributed by atoms with Crippen LogP contribution in [0.15, 0.2) is 48.5 Å². The molecule has 2 aromatic rings. The summed E-state index contributed by atoms with van der Waals surface area (Å²) in [6, 6.07) is 16.5. The van der Waals surface area contributed by atoms with Crippen LogP contribution in [0.5, 0.6) is 0 Å². The van der Waals surface area contributed by atoms with Crippen molar-refractivity contribution in [2.24, 2.45) is 5.92 Å². The third-order valence-electron chi connectivity index (χ3n) is 6.97. The summed E-state index contributed by atoms with van der Waals surface area (Å²) >= 11 is 0. The molecule has 32 heavy (non-hydrogen) atoms. The van der Waals surface area contributed by atoms with Crippen molar-refractivity contribution < 1.29 is 9.59 Å². The second-order valence-corrected chi connectivity index (χ2v) is 9.44. The van der Waals surface area contributed by atoms with Crippen LogP contribution in [-0.4, -0.2) is 53.8 Å². The number of amides is 2. The van der Waals surface area contributed by atoms with Gasteiger partial charge in [-0.1, -0.05) is 42.0 Å². The molecule has 2 aliphatic rings. The zero-order chi connectivity index (χ0) is 22.5. The van der Waals surface area contributed by atoms with Crippen LogP contribution in [-0.2, 0) is 11.3 Å². The first-order valence-electron chi connectivity index (χ1n) is 11.9. The van der Waals surface area contributed by atoms with Crippen molar-refractivity contribution in [3.63, 3.8) is 0 Å². The molecule has 0 aliphatic carbocycles. The topological polar surface area (TPSA) is 52.7 Å². The summed E-state index contributed by atoms with van der Waals surface area (Å²) in [6.45, 7) is 8.41. The summed E-state index contributed by atoms with van der Waals surface area (Å²) in [5.41, 5.74) is 4.57. The fourth-order valence-corrected chi connectivity index (χ4v) is 4.84. The Labute approximate surface area is 191 Å². The van der Waals surface area contributed by atoms with Crippen molar-refractivity contribution in [2.75, 3.05) is 26.2 Å². The summed E-state index contributed by atoms with van der Waals surface area (Å²) in [7, 11) is 0. The SMILES string of the molecule is Cc1ccc(C(=O)N2CCCC(C(=O)NC3CCN(Cc4ccccc4C)CC3)C2)cc1. The largest absolute Gasteiger partial charge is 0.353 e. The van der Waals surface area contributed by atoms with Crippen molar-refractivity contribution >= 4 is 11.8 Å². The predicted octanol–water partition coefficient (Wildman–Crippen LogP) is 3.94. The Balaban J connectivity index is 1.25. The van der Waals surface area contributed by atoms with Crippen LogP contribution >= 0.6 is 0 Å². The maximum absolute atomic E-state index is 13.0. The Morgan fingerprint density at radius 2 is 1.66 bits per heavy atom. The van der Waals surface area contributed by atoms with Crippen LogP contribution in [0.2, 0.25) is 0 Å². The zero-order valence-corrected chi connectivity index (χ0v) is 19.3. The number of carbonyl (C=O) groups is 2. The fourth-order valence-electron chi connectivity index (χ4n) is 4.84. The number of hydrogen-bond acceptors (Lipinski definition) is 3. The minimum Gasteiger partial charge on any atom is -0.353 e. The summed E-state index contributed by atoms with van der Waals surface area (Å²) in [5.74, 6) is 0.0407. The van der Waals surface area contributed by atoms with Gasteiger partial charge in [0.25, 0.3) is 5.91 Å². The number of carbonyl (C=O) groups excluding carboxylic acids is 2. The molecule has 2 amide bonds. The summed E-state index contributed by atoms with van der Waals surface area (Å²) in [5, 5.41) is 3.29. The van der Waals surface area contributed by atoms with Crippen molar-refractivity contribution in [2.45, 2.75) is 52.1 Å². The first-order chi connectivity index (χ1) is 15.5. The van der Waals surface area contributed by atoms with Crippen molar-refractivity contribution in [1.29, 1.82) is 0 Å². The molecule has 0 bridgehead atoms. The number of likely N-dealkylation sites (tertiary alicyclic amines) is 2. The number of hydrogen-bond donors (Lipinski definition) is 1. The van der Waals surface area contributed by atoms with Gasteiger partial charge in [-0.15, -0.1) is 0 Å². The maximum atomic E-state index is 13.0. The Morgan fingerprint density at radius 1 is 0.938 bits per heavy atom. The van der Waals surface area contributed by atoms with Crippen LogP contribution in [0.1, 0.15) is 52.7 Å². The molecular weight excluding hydrogens is 398 g/mol. The second kappa shape index (κ2) is 10.3. The predicted molar refractivity (Wildman–Crippen MR) is 127 cm³/mol. The van der Waals surface area contributed by atoms with Crippen molar-refractivity contribution in [1.82, 2.24) is 15.1 Å². The number of nitrogens with one attached hydrogen (secondary N) is 1. The highest BCUT2D eigenvalue weighted by molar-refractivity contribution is 5.94. The Bertz CT molecular complexity index is 932. The normalized spacial score (nSPS) is 20.2. The molecule has 1 unspecified atom stereocenters. The number of nitrogens with zero attached hydrogens (tertiary/aromatic N) is 2. The van der Waals surface area contributed by atoms with Crippen LogP contribution in [0, 0.1) is 19.8 Å². The smallest absolute Gasteiger partial charge is 0.253 e. The minimum absolute atomic E-state index is 0.0343. The van der Waals surface area contributed by atoms with Crippen molar-refractivity contribution in [3.05, 3.63) is 70.8 Å². The Kier molecular flexibility index (Phi) is 7.26. The molecule has 5 nitrogen and oxygen atoms in total. The lowest BCUT2D eigenvalue weighted by molar-refractivity contribution is -0.127. The van der Waals surface area contributed by atoms with Crippen molar-refractivity contribution in [3.8, 4) is 0 Å². The van der Waals surface area contributed by atoms with E-state index in [4.69, 9.17) is 0 Å². The molecule has 2 fully saturated rings. The van der Waals surface area contributed by atoms with Gasteiger partial charge in [0.1, 0.15) is 0 Å².